The fourth-order valence-corrected chi connectivity index (χ4v) is 2.61. The fourth-order valence-electron chi connectivity index (χ4n) is 2.06. The maximum Gasteiger partial charge on any atom is 0.341 e. The lowest BCUT2D eigenvalue weighted by molar-refractivity contribution is -0.119. The third kappa shape index (κ3) is 4.97. The van der Waals surface area contributed by atoms with E-state index in [1.54, 1.807) is 25.1 Å². The van der Waals surface area contributed by atoms with E-state index in [9.17, 15) is 14.4 Å². The minimum absolute atomic E-state index is 0.0180. The van der Waals surface area contributed by atoms with Crippen molar-refractivity contribution >= 4 is 46.7 Å². The summed E-state index contributed by atoms with van der Waals surface area (Å²) in [5, 5.41) is 2.74. The van der Waals surface area contributed by atoms with E-state index in [4.69, 9.17) is 32.7 Å². The number of anilines is 1. The molecule has 2 aromatic rings. The molecule has 2 rings (SSSR count). The second kappa shape index (κ2) is 9.22. The maximum absolute atomic E-state index is 12.1. The molecule has 0 bridgehead atoms. The average Bonchev–Trinajstić information content (AvgIpc) is 2.60. The molecular formula is C18H15Cl2NO5. The van der Waals surface area contributed by atoms with Crippen LogP contribution in [0.3, 0.4) is 0 Å². The second-order valence-corrected chi connectivity index (χ2v) is 5.80. The van der Waals surface area contributed by atoms with Crippen LogP contribution in [-0.4, -0.2) is 31.1 Å². The lowest BCUT2D eigenvalue weighted by Gasteiger charge is -2.11. The first-order valence-electron chi connectivity index (χ1n) is 7.61. The van der Waals surface area contributed by atoms with Gasteiger partial charge in [0, 0.05) is 0 Å². The zero-order valence-corrected chi connectivity index (χ0v) is 15.3. The van der Waals surface area contributed by atoms with Crippen LogP contribution < -0.4 is 5.32 Å². The lowest BCUT2D eigenvalue weighted by atomic mass is 10.2. The highest BCUT2D eigenvalue weighted by molar-refractivity contribution is 6.39. The largest absolute Gasteiger partial charge is 0.462 e. The summed E-state index contributed by atoms with van der Waals surface area (Å²) in [7, 11) is 0. The standard InChI is InChI=1S/C18H15Cl2NO5/c1-2-25-17(23)11-6-3-4-9-14(11)21-15(22)10-26-18(24)16-12(19)7-5-8-13(16)20/h3-9H,2,10H2,1H3,(H,21,22). The van der Waals surface area contributed by atoms with Crippen molar-refractivity contribution in [1.29, 1.82) is 0 Å². The molecule has 26 heavy (non-hydrogen) atoms. The molecule has 0 aliphatic rings. The Bertz CT molecular complexity index is 818. The van der Waals surface area contributed by atoms with E-state index < -0.39 is 24.5 Å². The number of para-hydroxylation sites is 1. The van der Waals surface area contributed by atoms with Crippen molar-refractivity contribution in [3.8, 4) is 0 Å². The predicted octanol–water partition coefficient (Wildman–Crippen LogP) is 3.97. The molecule has 6 nitrogen and oxygen atoms in total. The van der Waals surface area contributed by atoms with Gasteiger partial charge in [-0.2, -0.15) is 0 Å². The molecule has 0 aliphatic carbocycles. The smallest absolute Gasteiger partial charge is 0.341 e. The van der Waals surface area contributed by atoms with Gasteiger partial charge in [-0.1, -0.05) is 41.4 Å². The van der Waals surface area contributed by atoms with Gasteiger partial charge in [-0.3, -0.25) is 4.79 Å². The molecule has 1 amide bonds. The molecule has 0 fully saturated rings. The number of hydrogen-bond acceptors (Lipinski definition) is 5. The Kier molecular flexibility index (Phi) is 7.00. The van der Waals surface area contributed by atoms with Crippen LogP contribution in [0.4, 0.5) is 5.69 Å². The number of hydrogen-bond donors (Lipinski definition) is 1. The van der Waals surface area contributed by atoms with Gasteiger partial charge in [0.25, 0.3) is 5.91 Å². The highest BCUT2D eigenvalue weighted by atomic mass is 35.5. The summed E-state index contributed by atoms with van der Waals surface area (Å²) in [6.45, 7) is 1.31. The van der Waals surface area contributed by atoms with E-state index >= 15 is 0 Å². The van der Waals surface area contributed by atoms with Crippen LogP contribution >= 0.6 is 23.2 Å². The first-order valence-corrected chi connectivity index (χ1v) is 8.36. The van der Waals surface area contributed by atoms with Gasteiger partial charge in [-0.05, 0) is 31.2 Å². The van der Waals surface area contributed by atoms with E-state index in [0.717, 1.165) is 0 Å². The van der Waals surface area contributed by atoms with Crippen LogP contribution in [0.25, 0.3) is 0 Å². The zero-order valence-electron chi connectivity index (χ0n) is 13.8. The lowest BCUT2D eigenvalue weighted by Crippen LogP contribution is -2.22. The first-order chi connectivity index (χ1) is 12.4. The highest BCUT2D eigenvalue weighted by Gasteiger charge is 2.18. The van der Waals surface area contributed by atoms with Gasteiger partial charge in [0.1, 0.15) is 0 Å². The summed E-state index contributed by atoms with van der Waals surface area (Å²) in [4.78, 5) is 36.0. The maximum atomic E-state index is 12.1. The van der Waals surface area contributed by atoms with Crippen molar-refractivity contribution < 1.29 is 23.9 Å². The highest BCUT2D eigenvalue weighted by Crippen LogP contribution is 2.25. The molecule has 0 radical (unpaired) electrons. The Hall–Kier alpha value is -2.57. The molecule has 0 unspecified atom stereocenters. The summed E-state index contributed by atoms with van der Waals surface area (Å²) in [6.07, 6.45) is 0. The van der Waals surface area contributed by atoms with Gasteiger partial charge in [0.05, 0.1) is 33.5 Å². The summed E-state index contributed by atoms with van der Waals surface area (Å²) in [5.41, 5.74) is 0.432. The van der Waals surface area contributed by atoms with E-state index in [-0.39, 0.29) is 33.5 Å². The number of benzene rings is 2. The van der Waals surface area contributed by atoms with Crippen LogP contribution in [0.2, 0.25) is 10.0 Å². The Morgan fingerprint density at radius 1 is 0.923 bits per heavy atom. The topological polar surface area (TPSA) is 81.7 Å². The molecule has 0 aromatic heterocycles. The predicted molar refractivity (Wildman–Crippen MR) is 97.8 cm³/mol. The molecular weight excluding hydrogens is 381 g/mol. The third-order valence-corrected chi connectivity index (χ3v) is 3.83. The molecule has 1 N–H and O–H groups in total. The summed E-state index contributed by atoms with van der Waals surface area (Å²) < 4.78 is 9.86. The third-order valence-electron chi connectivity index (χ3n) is 3.20. The first kappa shape index (κ1) is 19.8. The average molecular weight is 396 g/mol. The van der Waals surface area contributed by atoms with Crippen LogP contribution in [0.15, 0.2) is 42.5 Å². The van der Waals surface area contributed by atoms with Crippen molar-refractivity contribution in [2.75, 3.05) is 18.5 Å². The number of ether oxygens (including phenoxy) is 2. The molecule has 2 aromatic carbocycles. The Balaban J connectivity index is 2.02. The number of carbonyl (C=O) groups is 3. The van der Waals surface area contributed by atoms with Crippen molar-refractivity contribution in [1.82, 2.24) is 0 Å². The molecule has 0 saturated carbocycles. The molecule has 8 heteroatoms. The monoisotopic (exact) mass is 395 g/mol. The molecule has 0 spiro atoms. The van der Waals surface area contributed by atoms with Gasteiger partial charge in [0.15, 0.2) is 6.61 Å². The zero-order chi connectivity index (χ0) is 19.1. The Morgan fingerprint density at radius 2 is 1.58 bits per heavy atom. The van der Waals surface area contributed by atoms with E-state index in [1.165, 1.54) is 24.3 Å². The minimum Gasteiger partial charge on any atom is -0.462 e. The number of halogens is 2. The number of esters is 2. The van der Waals surface area contributed by atoms with Gasteiger partial charge in [0.2, 0.25) is 0 Å². The SMILES string of the molecule is CCOC(=O)c1ccccc1NC(=O)COC(=O)c1c(Cl)cccc1Cl. The van der Waals surface area contributed by atoms with Crippen molar-refractivity contribution in [3.05, 3.63) is 63.6 Å². The van der Waals surface area contributed by atoms with Crippen LogP contribution in [0.5, 0.6) is 0 Å². The summed E-state index contributed by atoms with van der Waals surface area (Å²) >= 11 is 11.8. The summed E-state index contributed by atoms with van der Waals surface area (Å²) in [5.74, 6) is -2.02. The van der Waals surface area contributed by atoms with E-state index in [0.29, 0.717) is 0 Å². The van der Waals surface area contributed by atoms with Gasteiger partial charge in [-0.15, -0.1) is 0 Å². The fraction of sp³-hybridized carbons (Fsp3) is 0.167. The van der Waals surface area contributed by atoms with Crippen LogP contribution in [-0.2, 0) is 14.3 Å². The number of rotatable bonds is 6. The number of carbonyl (C=O) groups excluding carboxylic acids is 3. The normalized spacial score (nSPS) is 10.1. The van der Waals surface area contributed by atoms with Crippen molar-refractivity contribution in [2.24, 2.45) is 0 Å². The second-order valence-electron chi connectivity index (χ2n) is 4.99. The molecule has 0 atom stereocenters. The minimum atomic E-state index is -0.825. The molecule has 0 heterocycles. The molecule has 0 aliphatic heterocycles. The van der Waals surface area contributed by atoms with Gasteiger partial charge < -0.3 is 14.8 Å². The van der Waals surface area contributed by atoms with Crippen LogP contribution in [0, 0.1) is 0 Å². The van der Waals surface area contributed by atoms with E-state index in [2.05, 4.69) is 5.32 Å². The van der Waals surface area contributed by atoms with Crippen molar-refractivity contribution in [3.63, 3.8) is 0 Å². The van der Waals surface area contributed by atoms with Crippen LogP contribution in [0.1, 0.15) is 27.6 Å². The molecule has 136 valence electrons. The quantitative estimate of drug-likeness (QED) is 0.748. The molecule has 0 saturated heterocycles. The number of amides is 1. The number of nitrogens with one attached hydrogen (secondary N) is 1. The van der Waals surface area contributed by atoms with Crippen molar-refractivity contribution in [2.45, 2.75) is 6.92 Å². The van der Waals surface area contributed by atoms with Gasteiger partial charge >= 0.3 is 11.9 Å². The van der Waals surface area contributed by atoms with Gasteiger partial charge in [-0.25, -0.2) is 9.59 Å². The Labute approximate surface area is 160 Å². The summed E-state index contributed by atoms with van der Waals surface area (Å²) in [6, 6.07) is 10.9. The van der Waals surface area contributed by atoms with E-state index in [1.807, 2.05) is 0 Å². The Morgan fingerprint density at radius 3 is 2.23 bits per heavy atom.